The van der Waals surface area contributed by atoms with E-state index in [1.807, 2.05) is 18.2 Å². The molecule has 0 aromatic carbocycles. The number of nitrogens with zero attached hydrogens (tertiary/aromatic N) is 4. The van der Waals surface area contributed by atoms with Crippen molar-refractivity contribution in [3.8, 4) is 0 Å². The SMILES string of the molecule is Nc1cc(Br)cnc1CCCCNc1n[s+]([O-])nc1NCc1cccnc1. The number of unbranched alkanes of at least 4 members (excludes halogenated alkanes) is 1. The van der Waals surface area contributed by atoms with Gasteiger partial charge >= 0.3 is 0 Å². The fraction of sp³-hybridized carbons (Fsp3) is 0.294. The van der Waals surface area contributed by atoms with Crippen molar-refractivity contribution >= 4 is 44.4 Å². The Hall–Kier alpha value is -2.30. The average molecular weight is 450 g/mol. The van der Waals surface area contributed by atoms with Gasteiger partial charge in [0.2, 0.25) is 11.6 Å². The van der Waals surface area contributed by atoms with Crippen molar-refractivity contribution in [2.45, 2.75) is 25.8 Å². The van der Waals surface area contributed by atoms with Crippen LogP contribution in [0.25, 0.3) is 0 Å². The molecular formula is C17H20BrN7OS. The van der Waals surface area contributed by atoms with E-state index in [-0.39, 0.29) is 0 Å². The van der Waals surface area contributed by atoms with Crippen LogP contribution in [0.4, 0.5) is 17.3 Å². The average Bonchev–Trinajstić information content (AvgIpc) is 3.02. The zero-order valence-electron chi connectivity index (χ0n) is 14.6. The first-order valence-electron chi connectivity index (χ1n) is 8.48. The van der Waals surface area contributed by atoms with Gasteiger partial charge in [-0.1, -0.05) is 6.07 Å². The molecule has 3 heterocycles. The Kier molecular flexibility index (Phi) is 6.91. The molecule has 0 aliphatic heterocycles. The van der Waals surface area contributed by atoms with Gasteiger partial charge in [0.25, 0.3) is 0 Å². The highest BCUT2D eigenvalue weighted by molar-refractivity contribution is 9.10. The first kappa shape index (κ1) is 19.5. The Morgan fingerprint density at radius 3 is 2.70 bits per heavy atom. The summed E-state index contributed by atoms with van der Waals surface area (Å²) >= 11 is 1.77. The molecule has 3 aromatic rings. The number of nitrogens with one attached hydrogen (secondary N) is 2. The molecule has 27 heavy (non-hydrogen) atoms. The Morgan fingerprint density at radius 1 is 1.15 bits per heavy atom. The molecule has 0 aliphatic rings. The summed E-state index contributed by atoms with van der Waals surface area (Å²) in [5.41, 5.74) is 8.57. The maximum Gasteiger partial charge on any atom is 0.233 e. The lowest BCUT2D eigenvalue weighted by Gasteiger charge is -2.07. The predicted octanol–water partition coefficient (Wildman–Crippen LogP) is 3.39. The zero-order chi connectivity index (χ0) is 19.1. The van der Waals surface area contributed by atoms with E-state index in [1.54, 1.807) is 18.6 Å². The highest BCUT2D eigenvalue weighted by Gasteiger charge is 2.15. The third kappa shape index (κ3) is 5.84. The molecule has 8 nitrogen and oxygen atoms in total. The first-order chi connectivity index (χ1) is 13.1. The second kappa shape index (κ2) is 9.58. The van der Waals surface area contributed by atoms with Crippen LogP contribution in [0.15, 0.2) is 41.3 Å². The number of aromatic nitrogens is 4. The van der Waals surface area contributed by atoms with Gasteiger partial charge < -0.3 is 20.9 Å². The van der Waals surface area contributed by atoms with E-state index in [4.69, 9.17) is 5.73 Å². The summed E-state index contributed by atoms with van der Waals surface area (Å²) in [6, 6.07) is 5.68. The second-order valence-corrected chi connectivity index (χ2v) is 7.64. The van der Waals surface area contributed by atoms with Gasteiger partial charge in [0.15, 0.2) is 11.1 Å². The van der Waals surface area contributed by atoms with Crippen LogP contribution < -0.4 is 16.4 Å². The molecule has 0 bridgehead atoms. The summed E-state index contributed by atoms with van der Waals surface area (Å²) in [6.07, 6.45) is 7.88. The number of anilines is 3. The van der Waals surface area contributed by atoms with Crippen LogP contribution in [0.3, 0.4) is 0 Å². The quantitative estimate of drug-likeness (QED) is 0.335. The van der Waals surface area contributed by atoms with Gasteiger partial charge in [-0.3, -0.25) is 9.97 Å². The standard InChI is InChI=1S/C17H20BrN7OS/c18-13-8-14(19)15(22-11-13)5-1-2-7-21-16-17(25-27(26)24-16)23-10-12-4-3-6-20-9-12/h3-4,6,8-9,11H,1-2,5,7,10,19H2,(H,21,24)(H,23,25). The number of aryl methyl sites for hydroxylation is 1. The van der Waals surface area contributed by atoms with E-state index in [1.165, 1.54) is 0 Å². The normalized spacial score (nSPS) is 11.4. The van der Waals surface area contributed by atoms with Crippen LogP contribution in [0.5, 0.6) is 0 Å². The van der Waals surface area contributed by atoms with E-state index < -0.39 is 11.1 Å². The summed E-state index contributed by atoms with van der Waals surface area (Å²) in [6.45, 7) is 1.24. The van der Waals surface area contributed by atoms with Crippen LogP contribution in [-0.2, 0) is 13.0 Å². The number of halogens is 1. The Bertz CT molecular complexity index is 875. The molecular weight excluding hydrogens is 430 g/mol. The number of nitrogen functional groups attached to an aromatic ring is 1. The summed E-state index contributed by atoms with van der Waals surface area (Å²) in [4.78, 5) is 8.41. The highest BCUT2D eigenvalue weighted by atomic mass is 79.9. The van der Waals surface area contributed by atoms with Gasteiger partial charge in [0, 0.05) is 44.9 Å². The van der Waals surface area contributed by atoms with Crippen molar-refractivity contribution in [3.05, 3.63) is 52.5 Å². The number of hydrogen-bond donors (Lipinski definition) is 3. The first-order valence-corrected chi connectivity index (χ1v) is 10.3. The van der Waals surface area contributed by atoms with Crippen molar-refractivity contribution in [2.24, 2.45) is 0 Å². The molecule has 10 heteroatoms. The van der Waals surface area contributed by atoms with Crippen molar-refractivity contribution in [1.82, 2.24) is 18.7 Å². The van der Waals surface area contributed by atoms with Gasteiger partial charge in [-0.2, -0.15) is 0 Å². The van der Waals surface area contributed by atoms with E-state index >= 15 is 0 Å². The van der Waals surface area contributed by atoms with Gasteiger partial charge in [0.05, 0.1) is 11.4 Å². The molecule has 0 saturated heterocycles. The van der Waals surface area contributed by atoms with Gasteiger partial charge in [0.1, 0.15) is 0 Å². The number of rotatable bonds is 9. The number of nitrogens with two attached hydrogens (primary N) is 1. The molecule has 3 rings (SSSR count). The van der Waals surface area contributed by atoms with E-state index in [9.17, 15) is 4.55 Å². The Labute approximate surface area is 168 Å². The summed E-state index contributed by atoms with van der Waals surface area (Å²) in [5.74, 6) is 1.04. The smallest absolute Gasteiger partial charge is 0.233 e. The van der Waals surface area contributed by atoms with E-state index in [0.717, 1.165) is 35.0 Å². The second-order valence-electron chi connectivity index (χ2n) is 5.90. The number of pyridine rings is 2. The van der Waals surface area contributed by atoms with Crippen molar-refractivity contribution in [2.75, 3.05) is 22.9 Å². The summed E-state index contributed by atoms with van der Waals surface area (Å²) in [7, 11) is 0. The minimum atomic E-state index is -1.58. The molecule has 142 valence electrons. The van der Waals surface area contributed by atoms with Gasteiger partial charge in [-0.05, 0) is 52.9 Å². The molecule has 3 aromatic heterocycles. The maximum atomic E-state index is 11.6. The monoisotopic (exact) mass is 449 g/mol. The van der Waals surface area contributed by atoms with Crippen molar-refractivity contribution in [3.63, 3.8) is 0 Å². The van der Waals surface area contributed by atoms with Crippen LogP contribution in [0, 0.1) is 0 Å². The Morgan fingerprint density at radius 2 is 1.96 bits per heavy atom. The molecule has 0 spiro atoms. The molecule has 0 radical (unpaired) electrons. The van der Waals surface area contributed by atoms with Crippen LogP contribution in [0.2, 0.25) is 0 Å². The summed E-state index contributed by atoms with van der Waals surface area (Å²) < 4.78 is 20.5. The van der Waals surface area contributed by atoms with Gasteiger partial charge in [-0.15, -0.1) is 0 Å². The Balaban J connectivity index is 1.45. The molecule has 0 saturated carbocycles. The summed E-state index contributed by atoms with van der Waals surface area (Å²) in [5, 5.41) is 6.35. The lowest BCUT2D eigenvalue weighted by atomic mass is 10.1. The largest absolute Gasteiger partial charge is 0.546 e. The molecule has 1 atom stereocenters. The molecule has 1 unspecified atom stereocenters. The molecule has 0 aliphatic carbocycles. The van der Waals surface area contributed by atoms with Crippen LogP contribution in [0.1, 0.15) is 24.1 Å². The minimum Gasteiger partial charge on any atom is -0.546 e. The van der Waals surface area contributed by atoms with Gasteiger partial charge in [-0.25, -0.2) is 0 Å². The molecule has 0 amide bonds. The maximum absolute atomic E-state index is 11.6. The third-order valence-corrected chi connectivity index (χ3v) is 4.96. The predicted molar refractivity (Wildman–Crippen MR) is 110 cm³/mol. The van der Waals surface area contributed by atoms with E-state index in [2.05, 4.69) is 45.3 Å². The lowest BCUT2D eigenvalue weighted by Crippen LogP contribution is -2.07. The van der Waals surface area contributed by atoms with Crippen molar-refractivity contribution < 1.29 is 4.55 Å². The van der Waals surface area contributed by atoms with E-state index in [0.29, 0.717) is 30.4 Å². The highest BCUT2D eigenvalue weighted by Crippen LogP contribution is 2.23. The topological polar surface area (TPSA) is 125 Å². The fourth-order valence-electron chi connectivity index (χ4n) is 2.50. The third-order valence-electron chi connectivity index (χ3n) is 3.85. The minimum absolute atomic E-state index is 0.510. The fourth-order valence-corrected chi connectivity index (χ4v) is 3.50. The van der Waals surface area contributed by atoms with Crippen molar-refractivity contribution in [1.29, 1.82) is 0 Å². The van der Waals surface area contributed by atoms with Crippen LogP contribution >= 0.6 is 27.1 Å². The molecule has 4 N–H and O–H groups in total. The zero-order valence-corrected chi connectivity index (χ0v) is 17.0. The lowest BCUT2D eigenvalue weighted by molar-refractivity contribution is 0.585. The molecule has 0 fully saturated rings. The van der Waals surface area contributed by atoms with Crippen LogP contribution in [-0.4, -0.2) is 29.8 Å². The number of hydrogen-bond acceptors (Lipinski definition) is 8.